The third-order valence-electron chi connectivity index (χ3n) is 5.87. The highest BCUT2D eigenvalue weighted by atomic mass is 33.1. The summed E-state index contributed by atoms with van der Waals surface area (Å²) in [6, 6.07) is -2.85. The first kappa shape index (κ1) is 27.3. The maximum absolute atomic E-state index is 13.2. The van der Waals surface area contributed by atoms with E-state index in [4.69, 9.17) is 9.84 Å². The van der Waals surface area contributed by atoms with Gasteiger partial charge in [-0.25, -0.2) is 0 Å². The van der Waals surface area contributed by atoms with Crippen molar-refractivity contribution in [1.29, 1.82) is 0 Å². The molecule has 1 saturated heterocycles. The van der Waals surface area contributed by atoms with Gasteiger partial charge in [0.25, 0.3) is 0 Å². The highest BCUT2D eigenvalue weighted by Crippen LogP contribution is 2.35. The van der Waals surface area contributed by atoms with Gasteiger partial charge < -0.3 is 30.9 Å². The van der Waals surface area contributed by atoms with Crippen LogP contribution in [0.1, 0.15) is 44.9 Å². The van der Waals surface area contributed by atoms with Crippen molar-refractivity contribution >= 4 is 51.2 Å². The molecule has 13 heteroatoms. The lowest BCUT2D eigenvalue weighted by Crippen LogP contribution is -2.57. The van der Waals surface area contributed by atoms with E-state index in [2.05, 4.69) is 16.0 Å². The van der Waals surface area contributed by atoms with Crippen LogP contribution in [0.4, 0.5) is 0 Å². The number of amides is 3. The largest absolute Gasteiger partial charge is 0.481 e. The molecular formula is C22H31N3O8S2. The quantitative estimate of drug-likeness (QED) is 0.191. The molecule has 2 heterocycles. The van der Waals surface area contributed by atoms with Crippen LogP contribution in [-0.2, 0) is 28.7 Å². The normalized spacial score (nSPS) is 31.6. The van der Waals surface area contributed by atoms with E-state index in [9.17, 15) is 29.1 Å². The number of nitrogens with one attached hydrogen (secondary N) is 3. The number of carboxylic acids is 1. The minimum Gasteiger partial charge on any atom is -0.481 e. The van der Waals surface area contributed by atoms with Crippen LogP contribution < -0.4 is 16.0 Å². The van der Waals surface area contributed by atoms with Crippen LogP contribution in [0.5, 0.6) is 0 Å². The second-order valence-corrected chi connectivity index (χ2v) is 11.4. The standard InChI is InChI=1S/C22H31N3O8S2/c26-16-10-19(30)33-13-3-1-2-8-34-35-11-15(22(32)25-20(16)12-4-5-12)24-21(31)14(6-7-18(28)29)23-17(27)9-13/h1,3,12-16,20,26H,2,4-11H2,(H,23,27)(H,24,31)(H,25,32)(H,28,29)/t13-,14-,15-,16?,20?/m1/s1. The van der Waals surface area contributed by atoms with Crippen LogP contribution in [0, 0.1) is 5.92 Å². The Morgan fingerprint density at radius 1 is 1.06 bits per heavy atom. The summed E-state index contributed by atoms with van der Waals surface area (Å²) in [5, 5.41) is 27.8. The Balaban J connectivity index is 1.94. The number of rotatable bonds is 4. The predicted molar refractivity (Wildman–Crippen MR) is 129 cm³/mol. The molecule has 35 heavy (non-hydrogen) atoms. The average Bonchev–Trinajstić information content (AvgIpc) is 3.61. The molecule has 0 aromatic heterocycles. The second-order valence-electron chi connectivity index (χ2n) is 8.81. The van der Waals surface area contributed by atoms with Crippen LogP contribution in [0.3, 0.4) is 0 Å². The summed E-state index contributed by atoms with van der Waals surface area (Å²) in [7, 11) is 2.91. The summed E-state index contributed by atoms with van der Waals surface area (Å²) < 4.78 is 5.45. The molecule has 3 aliphatic rings. The van der Waals surface area contributed by atoms with Crippen molar-refractivity contribution in [2.24, 2.45) is 5.92 Å². The van der Waals surface area contributed by atoms with Gasteiger partial charge >= 0.3 is 11.9 Å². The minimum absolute atomic E-state index is 0.0111. The van der Waals surface area contributed by atoms with Gasteiger partial charge in [-0.15, -0.1) is 0 Å². The van der Waals surface area contributed by atoms with Crippen molar-refractivity contribution in [3.63, 3.8) is 0 Å². The van der Waals surface area contributed by atoms with E-state index in [1.54, 1.807) is 12.2 Å². The van der Waals surface area contributed by atoms with Crippen LogP contribution in [-0.4, -0.2) is 81.7 Å². The van der Waals surface area contributed by atoms with Crippen molar-refractivity contribution in [2.45, 2.75) is 75.3 Å². The second kappa shape index (κ2) is 13.2. The fourth-order valence-electron chi connectivity index (χ4n) is 3.88. The number of aliphatic hydroxyl groups excluding tert-OH is 1. The molecule has 3 rings (SSSR count). The first-order valence-electron chi connectivity index (χ1n) is 11.6. The van der Waals surface area contributed by atoms with Crippen molar-refractivity contribution in [3.05, 3.63) is 12.2 Å². The molecule has 0 aromatic carbocycles. The van der Waals surface area contributed by atoms with Crippen molar-refractivity contribution < 1.29 is 38.9 Å². The van der Waals surface area contributed by atoms with Crippen LogP contribution in [0.15, 0.2) is 12.2 Å². The topological polar surface area (TPSA) is 171 Å². The highest BCUT2D eigenvalue weighted by Gasteiger charge is 2.40. The number of carboxylic acid groups (broad SMARTS) is 1. The highest BCUT2D eigenvalue weighted by molar-refractivity contribution is 8.76. The Labute approximate surface area is 211 Å². The monoisotopic (exact) mass is 529 g/mol. The van der Waals surface area contributed by atoms with Crippen molar-refractivity contribution in [2.75, 3.05) is 11.5 Å². The van der Waals surface area contributed by atoms with E-state index >= 15 is 0 Å². The zero-order valence-electron chi connectivity index (χ0n) is 19.1. The maximum Gasteiger partial charge on any atom is 0.309 e. The smallest absolute Gasteiger partial charge is 0.309 e. The van der Waals surface area contributed by atoms with Gasteiger partial charge in [0.2, 0.25) is 17.7 Å². The number of esters is 1. The predicted octanol–water partition coefficient (Wildman–Crippen LogP) is 0.123. The number of hydrogen-bond acceptors (Lipinski definition) is 9. The Bertz CT molecular complexity index is 851. The summed E-state index contributed by atoms with van der Waals surface area (Å²) in [6.45, 7) is 0. The molecular weight excluding hydrogens is 498 g/mol. The van der Waals surface area contributed by atoms with Crippen LogP contribution in [0.25, 0.3) is 0 Å². The maximum atomic E-state index is 13.2. The van der Waals surface area contributed by atoms with Crippen LogP contribution in [0.2, 0.25) is 0 Å². The zero-order chi connectivity index (χ0) is 25.4. The lowest BCUT2D eigenvalue weighted by atomic mass is 10.0. The number of carbonyl (C=O) groups is 5. The van der Waals surface area contributed by atoms with E-state index in [1.165, 1.54) is 21.6 Å². The molecule has 11 nitrogen and oxygen atoms in total. The molecule has 5 atom stereocenters. The molecule has 1 aliphatic carbocycles. The Morgan fingerprint density at radius 2 is 1.83 bits per heavy atom. The summed E-state index contributed by atoms with van der Waals surface area (Å²) >= 11 is 0. The van der Waals surface area contributed by atoms with E-state index in [-0.39, 0.29) is 37.4 Å². The molecule has 0 aromatic rings. The molecule has 1 saturated carbocycles. The Morgan fingerprint density at radius 3 is 2.54 bits per heavy atom. The van der Waals surface area contributed by atoms with E-state index in [0.717, 1.165) is 12.8 Å². The third-order valence-corrected chi connectivity index (χ3v) is 8.31. The zero-order valence-corrected chi connectivity index (χ0v) is 20.8. The molecule has 194 valence electrons. The summed E-state index contributed by atoms with van der Waals surface area (Å²) in [4.78, 5) is 62.6. The number of aliphatic carboxylic acids is 1. The number of fused-ring (bicyclic) bond motifs is 7. The van der Waals surface area contributed by atoms with E-state index < -0.39 is 60.0 Å². The van der Waals surface area contributed by atoms with Crippen molar-refractivity contribution in [1.82, 2.24) is 16.0 Å². The summed E-state index contributed by atoms with van der Waals surface area (Å²) in [5.41, 5.74) is 0. The molecule has 2 aliphatic heterocycles. The fraction of sp³-hybridized carbons (Fsp3) is 0.682. The SMILES string of the molecule is O=C(O)CC[C@H]1NC(=O)C[C@H]2C=CCCSSC[C@@H](NC1=O)C(=O)NC(C1CC1)C(O)CC(=O)O2. The van der Waals surface area contributed by atoms with E-state index in [1.807, 2.05) is 0 Å². The minimum atomic E-state index is -1.19. The molecule has 2 fully saturated rings. The molecule has 0 spiro atoms. The molecule has 2 unspecified atom stereocenters. The fourth-order valence-corrected chi connectivity index (χ4v) is 6.04. The van der Waals surface area contributed by atoms with Gasteiger partial charge in [-0.3, -0.25) is 24.0 Å². The van der Waals surface area contributed by atoms with Gasteiger partial charge in [0.05, 0.1) is 25.0 Å². The van der Waals surface area contributed by atoms with E-state index in [0.29, 0.717) is 12.2 Å². The van der Waals surface area contributed by atoms with Gasteiger partial charge in [-0.2, -0.15) is 0 Å². The van der Waals surface area contributed by atoms with Gasteiger partial charge in [-0.05, 0) is 37.7 Å². The molecule has 2 bridgehead atoms. The summed E-state index contributed by atoms with van der Waals surface area (Å²) in [5.74, 6) is -2.71. The van der Waals surface area contributed by atoms with Gasteiger partial charge in [-0.1, -0.05) is 27.7 Å². The van der Waals surface area contributed by atoms with Crippen LogP contribution >= 0.6 is 21.6 Å². The first-order valence-corrected chi connectivity index (χ1v) is 14.1. The number of carbonyl (C=O) groups excluding carboxylic acids is 4. The number of hydrogen-bond donors (Lipinski definition) is 5. The van der Waals surface area contributed by atoms with Gasteiger partial charge in [0.15, 0.2) is 0 Å². The number of aliphatic hydroxyl groups is 1. The molecule has 3 amide bonds. The third kappa shape index (κ3) is 9.04. The number of allylic oxidation sites excluding steroid dienone is 1. The van der Waals surface area contributed by atoms with Crippen molar-refractivity contribution in [3.8, 4) is 0 Å². The lowest BCUT2D eigenvalue weighted by molar-refractivity contribution is -0.151. The first-order chi connectivity index (χ1) is 16.7. The molecule has 5 N–H and O–H groups in total. The number of ether oxygens (including phenoxy) is 1. The Hall–Kier alpha value is -2.25. The molecule has 0 radical (unpaired) electrons. The summed E-state index contributed by atoms with van der Waals surface area (Å²) in [6.07, 6.45) is 2.34. The lowest BCUT2D eigenvalue weighted by Gasteiger charge is -2.27. The van der Waals surface area contributed by atoms with Gasteiger partial charge in [0, 0.05) is 17.9 Å². The average molecular weight is 530 g/mol. The van der Waals surface area contributed by atoms with Gasteiger partial charge in [0.1, 0.15) is 18.2 Å². The Kier molecular flexibility index (Phi) is 10.3.